The number of fused-ring (bicyclic) bond motifs is 1. The Labute approximate surface area is 150 Å². The highest BCUT2D eigenvalue weighted by atomic mass is 32.2. The van der Waals surface area contributed by atoms with Crippen molar-refractivity contribution in [3.8, 4) is 0 Å². The van der Waals surface area contributed by atoms with E-state index in [1.165, 1.54) is 16.3 Å². The maximum atomic E-state index is 12.4. The van der Waals surface area contributed by atoms with Crippen LogP contribution in [0.5, 0.6) is 0 Å². The minimum absolute atomic E-state index is 0.0868. The van der Waals surface area contributed by atoms with Crippen LogP contribution in [0.2, 0.25) is 0 Å². The zero-order valence-corrected chi connectivity index (χ0v) is 14.9. The smallest absolute Gasteiger partial charge is 0.261 e. The number of benzene rings is 2. The van der Waals surface area contributed by atoms with Gasteiger partial charge in [0.05, 0.1) is 16.2 Å². The van der Waals surface area contributed by atoms with Gasteiger partial charge in [-0.3, -0.25) is 14.2 Å². The summed E-state index contributed by atoms with van der Waals surface area (Å²) in [6.45, 7) is 2.29. The molecular formula is C19H19N3O2S. The van der Waals surface area contributed by atoms with Crippen LogP contribution in [0.4, 0.5) is 0 Å². The lowest BCUT2D eigenvalue weighted by Crippen LogP contribution is -2.31. The Kier molecular flexibility index (Phi) is 5.19. The molecule has 0 saturated heterocycles. The van der Waals surface area contributed by atoms with Crippen LogP contribution < -0.4 is 10.9 Å². The molecule has 25 heavy (non-hydrogen) atoms. The molecule has 3 rings (SSSR count). The van der Waals surface area contributed by atoms with Crippen molar-refractivity contribution in [2.75, 3.05) is 0 Å². The van der Waals surface area contributed by atoms with Gasteiger partial charge in [-0.05, 0) is 24.6 Å². The summed E-state index contributed by atoms with van der Waals surface area (Å²) in [5.41, 5.74) is 1.58. The molecule has 0 bridgehead atoms. The van der Waals surface area contributed by atoms with Crippen LogP contribution in [-0.4, -0.2) is 20.7 Å². The van der Waals surface area contributed by atoms with Crippen molar-refractivity contribution in [1.29, 1.82) is 0 Å². The number of nitrogens with one attached hydrogen (secondary N) is 1. The molecule has 6 heteroatoms. The number of amides is 1. The van der Waals surface area contributed by atoms with E-state index in [-0.39, 0.29) is 16.7 Å². The van der Waals surface area contributed by atoms with Crippen LogP contribution in [0.15, 0.2) is 64.5 Å². The van der Waals surface area contributed by atoms with E-state index in [1.807, 2.05) is 49.4 Å². The van der Waals surface area contributed by atoms with E-state index in [1.54, 1.807) is 19.2 Å². The van der Waals surface area contributed by atoms with Gasteiger partial charge in [0, 0.05) is 13.6 Å². The van der Waals surface area contributed by atoms with Gasteiger partial charge in [-0.15, -0.1) is 0 Å². The molecule has 1 amide bonds. The quantitative estimate of drug-likeness (QED) is 0.566. The van der Waals surface area contributed by atoms with E-state index < -0.39 is 0 Å². The third kappa shape index (κ3) is 3.91. The average Bonchev–Trinajstić information content (AvgIpc) is 2.64. The van der Waals surface area contributed by atoms with Crippen LogP contribution in [-0.2, 0) is 18.4 Å². The highest BCUT2D eigenvalue weighted by Gasteiger charge is 2.18. The fourth-order valence-electron chi connectivity index (χ4n) is 2.44. The average molecular weight is 353 g/mol. The van der Waals surface area contributed by atoms with Crippen molar-refractivity contribution >= 4 is 28.6 Å². The maximum Gasteiger partial charge on any atom is 0.261 e. The number of aromatic nitrogens is 2. The lowest BCUT2D eigenvalue weighted by Gasteiger charge is -2.14. The molecule has 0 fully saturated rings. The lowest BCUT2D eigenvalue weighted by molar-refractivity contribution is -0.120. The molecular weight excluding hydrogens is 334 g/mol. The largest absolute Gasteiger partial charge is 0.351 e. The molecule has 0 spiro atoms. The topological polar surface area (TPSA) is 64.0 Å². The molecule has 1 heterocycles. The van der Waals surface area contributed by atoms with Crippen LogP contribution >= 0.6 is 11.8 Å². The first-order chi connectivity index (χ1) is 12.1. The zero-order valence-electron chi connectivity index (χ0n) is 14.1. The van der Waals surface area contributed by atoms with E-state index in [9.17, 15) is 9.59 Å². The maximum absolute atomic E-state index is 12.4. The minimum atomic E-state index is -0.358. The van der Waals surface area contributed by atoms with Crippen molar-refractivity contribution in [1.82, 2.24) is 14.9 Å². The number of nitrogens with zero attached hydrogens (tertiary/aromatic N) is 2. The first-order valence-electron chi connectivity index (χ1n) is 8.00. The van der Waals surface area contributed by atoms with Gasteiger partial charge in [-0.2, -0.15) is 0 Å². The highest BCUT2D eigenvalue weighted by molar-refractivity contribution is 8.00. The summed E-state index contributed by atoms with van der Waals surface area (Å²) in [6, 6.07) is 17.0. The Hall–Kier alpha value is -2.60. The van der Waals surface area contributed by atoms with Gasteiger partial charge < -0.3 is 5.32 Å². The number of carbonyl (C=O) groups excluding carboxylic acids is 1. The number of hydrogen-bond acceptors (Lipinski definition) is 4. The molecule has 0 aliphatic heterocycles. The van der Waals surface area contributed by atoms with Gasteiger partial charge in [0.2, 0.25) is 5.91 Å². The van der Waals surface area contributed by atoms with Crippen molar-refractivity contribution in [2.45, 2.75) is 23.9 Å². The van der Waals surface area contributed by atoms with Crippen molar-refractivity contribution < 1.29 is 4.79 Å². The highest BCUT2D eigenvalue weighted by Crippen LogP contribution is 2.21. The van der Waals surface area contributed by atoms with E-state index in [2.05, 4.69) is 10.3 Å². The second-order valence-electron chi connectivity index (χ2n) is 5.74. The summed E-state index contributed by atoms with van der Waals surface area (Å²) in [5, 5.41) is 3.67. The predicted molar refractivity (Wildman–Crippen MR) is 101 cm³/mol. The first-order valence-corrected chi connectivity index (χ1v) is 8.88. The predicted octanol–water partition coefficient (Wildman–Crippen LogP) is 2.73. The summed E-state index contributed by atoms with van der Waals surface area (Å²) in [5.74, 6) is -0.0868. The van der Waals surface area contributed by atoms with Crippen LogP contribution in [0.25, 0.3) is 10.9 Å². The SMILES string of the molecule is C[C@@H](Sc1nc2ccccc2c(=O)n1C)C(=O)NCc1ccccc1. The molecule has 3 aromatic rings. The third-order valence-electron chi connectivity index (χ3n) is 3.90. The molecule has 128 valence electrons. The molecule has 1 aromatic heterocycles. The van der Waals surface area contributed by atoms with Gasteiger partial charge in [-0.1, -0.05) is 54.2 Å². The van der Waals surface area contributed by atoms with Gasteiger partial charge in [0.15, 0.2) is 5.16 Å². The molecule has 0 aliphatic rings. The second-order valence-corrected chi connectivity index (χ2v) is 7.05. The fourth-order valence-corrected chi connectivity index (χ4v) is 3.34. The summed E-state index contributed by atoms with van der Waals surface area (Å²) < 4.78 is 1.49. The second kappa shape index (κ2) is 7.53. The Morgan fingerprint density at radius 1 is 1.16 bits per heavy atom. The van der Waals surface area contributed by atoms with Gasteiger partial charge in [0.1, 0.15) is 0 Å². The van der Waals surface area contributed by atoms with Crippen LogP contribution in [0, 0.1) is 0 Å². The summed E-state index contributed by atoms with van der Waals surface area (Å²) in [4.78, 5) is 29.3. The first kappa shape index (κ1) is 17.2. The Balaban J connectivity index is 1.73. The van der Waals surface area contributed by atoms with E-state index in [0.29, 0.717) is 22.6 Å². The molecule has 1 N–H and O–H groups in total. The van der Waals surface area contributed by atoms with Gasteiger partial charge >= 0.3 is 0 Å². The number of carbonyl (C=O) groups is 1. The minimum Gasteiger partial charge on any atom is -0.351 e. The lowest BCUT2D eigenvalue weighted by atomic mass is 10.2. The van der Waals surface area contributed by atoms with Crippen LogP contribution in [0.3, 0.4) is 0 Å². The molecule has 0 aliphatic carbocycles. The standard InChI is InChI=1S/C19H19N3O2S/c1-13(17(23)20-12-14-8-4-3-5-9-14)25-19-21-16-11-7-6-10-15(16)18(24)22(19)2/h3-11,13H,12H2,1-2H3,(H,20,23)/t13-/m1/s1. The van der Waals surface area contributed by atoms with Crippen molar-refractivity contribution in [3.63, 3.8) is 0 Å². The molecule has 0 saturated carbocycles. The molecule has 5 nitrogen and oxygen atoms in total. The number of para-hydroxylation sites is 1. The summed E-state index contributed by atoms with van der Waals surface area (Å²) in [7, 11) is 1.68. The fraction of sp³-hybridized carbons (Fsp3) is 0.211. The summed E-state index contributed by atoms with van der Waals surface area (Å²) >= 11 is 1.28. The van der Waals surface area contributed by atoms with Crippen molar-refractivity contribution in [3.05, 3.63) is 70.5 Å². The van der Waals surface area contributed by atoms with Crippen molar-refractivity contribution in [2.24, 2.45) is 7.05 Å². The van der Waals surface area contributed by atoms with Gasteiger partial charge in [-0.25, -0.2) is 4.98 Å². The van der Waals surface area contributed by atoms with Crippen LogP contribution in [0.1, 0.15) is 12.5 Å². The molecule has 0 unspecified atom stereocenters. The van der Waals surface area contributed by atoms with E-state index in [0.717, 1.165) is 5.56 Å². The normalized spacial score (nSPS) is 12.1. The van der Waals surface area contributed by atoms with Gasteiger partial charge in [0.25, 0.3) is 5.56 Å². The zero-order chi connectivity index (χ0) is 17.8. The molecule has 0 radical (unpaired) electrons. The monoisotopic (exact) mass is 353 g/mol. The molecule has 1 atom stereocenters. The number of hydrogen-bond donors (Lipinski definition) is 1. The Morgan fingerprint density at radius 3 is 2.60 bits per heavy atom. The van der Waals surface area contributed by atoms with E-state index >= 15 is 0 Å². The number of rotatable bonds is 5. The van der Waals surface area contributed by atoms with E-state index in [4.69, 9.17) is 0 Å². The third-order valence-corrected chi connectivity index (χ3v) is 5.05. The molecule has 2 aromatic carbocycles. The number of thioether (sulfide) groups is 1. The Morgan fingerprint density at radius 2 is 1.84 bits per heavy atom. The summed E-state index contributed by atoms with van der Waals surface area (Å²) in [6.07, 6.45) is 0. The Bertz CT molecular complexity index is 954.